The van der Waals surface area contributed by atoms with Gasteiger partial charge >= 0.3 is 0 Å². The van der Waals surface area contributed by atoms with Gasteiger partial charge < -0.3 is 15.6 Å². The first-order valence-electron chi connectivity index (χ1n) is 4.97. The van der Waals surface area contributed by atoms with Gasteiger partial charge in [0.2, 0.25) is 0 Å². The number of hydrogen-bond acceptors (Lipinski definition) is 2. The van der Waals surface area contributed by atoms with E-state index in [-0.39, 0.29) is 11.9 Å². The van der Waals surface area contributed by atoms with Crippen molar-refractivity contribution >= 4 is 5.91 Å². The van der Waals surface area contributed by atoms with Crippen LogP contribution in [0.15, 0.2) is 18.3 Å². The topological polar surface area (TPSA) is 62.1 Å². The van der Waals surface area contributed by atoms with Crippen molar-refractivity contribution in [2.75, 3.05) is 13.1 Å². The molecule has 0 saturated carbocycles. The smallest absolute Gasteiger partial charge is 0.270 e. The van der Waals surface area contributed by atoms with Crippen LogP contribution in [0.2, 0.25) is 0 Å². The van der Waals surface area contributed by atoms with Crippen LogP contribution in [-0.2, 0) is 0 Å². The van der Waals surface area contributed by atoms with Crippen LogP contribution in [-0.4, -0.2) is 34.9 Å². The second-order valence-corrected chi connectivity index (χ2v) is 3.61. The average molecular weight is 193 g/mol. The maximum atomic E-state index is 11.9. The predicted octanol–water partition coefficient (Wildman–Crippen LogP) is 0.578. The second-order valence-electron chi connectivity index (χ2n) is 3.61. The van der Waals surface area contributed by atoms with Crippen molar-refractivity contribution in [1.29, 1.82) is 0 Å². The number of aromatic amines is 1. The van der Waals surface area contributed by atoms with Gasteiger partial charge in [0, 0.05) is 25.3 Å². The molecular weight excluding hydrogens is 178 g/mol. The lowest BCUT2D eigenvalue weighted by molar-refractivity contribution is 0.0736. The van der Waals surface area contributed by atoms with Crippen LogP contribution in [0.25, 0.3) is 0 Å². The molecule has 0 aromatic carbocycles. The lowest BCUT2D eigenvalue weighted by atomic mass is 10.2. The minimum absolute atomic E-state index is 0.0722. The van der Waals surface area contributed by atoms with E-state index in [1.807, 2.05) is 11.0 Å². The highest BCUT2D eigenvalue weighted by Crippen LogP contribution is 2.18. The minimum atomic E-state index is 0.0722. The fourth-order valence-electron chi connectivity index (χ4n) is 1.97. The third-order valence-electron chi connectivity index (χ3n) is 2.74. The number of H-pyrrole nitrogens is 1. The van der Waals surface area contributed by atoms with Crippen LogP contribution in [0.3, 0.4) is 0 Å². The Balaban J connectivity index is 2.11. The van der Waals surface area contributed by atoms with Gasteiger partial charge in [-0.3, -0.25) is 4.79 Å². The normalized spacial score (nSPS) is 21.5. The Bertz CT molecular complexity index is 307. The number of amides is 1. The lowest BCUT2D eigenvalue weighted by Crippen LogP contribution is -2.40. The van der Waals surface area contributed by atoms with Gasteiger partial charge in [0.15, 0.2) is 0 Å². The molecule has 0 spiro atoms. The van der Waals surface area contributed by atoms with Gasteiger partial charge in [-0.15, -0.1) is 0 Å². The summed E-state index contributed by atoms with van der Waals surface area (Å²) in [5.74, 6) is 0.0722. The Morgan fingerprint density at radius 2 is 2.57 bits per heavy atom. The van der Waals surface area contributed by atoms with Crippen LogP contribution in [0.1, 0.15) is 23.3 Å². The van der Waals surface area contributed by atoms with Gasteiger partial charge in [0.05, 0.1) is 0 Å². The molecular formula is C10H15N3O. The average Bonchev–Trinajstić information content (AvgIpc) is 2.87. The molecule has 1 fully saturated rings. The van der Waals surface area contributed by atoms with E-state index in [1.165, 1.54) is 0 Å². The first-order chi connectivity index (χ1) is 6.83. The van der Waals surface area contributed by atoms with Crippen LogP contribution >= 0.6 is 0 Å². The number of carbonyl (C=O) groups is 1. The maximum Gasteiger partial charge on any atom is 0.270 e. The van der Waals surface area contributed by atoms with E-state index in [1.54, 1.807) is 12.3 Å². The first-order valence-corrected chi connectivity index (χ1v) is 4.97. The molecule has 1 atom stereocenters. The number of likely N-dealkylation sites (tertiary alicyclic amines) is 1. The number of rotatable bonds is 2. The van der Waals surface area contributed by atoms with Crippen molar-refractivity contribution in [3.63, 3.8) is 0 Å². The largest absolute Gasteiger partial charge is 0.357 e. The van der Waals surface area contributed by atoms with Gasteiger partial charge in [-0.25, -0.2) is 0 Å². The molecule has 14 heavy (non-hydrogen) atoms. The Morgan fingerprint density at radius 3 is 3.21 bits per heavy atom. The summed E-state index contributed by atoms with van der Waals surface area (Å²) in [6.45, 7) is 1.40. The molecule has 1 aromatic heterocycles. The van der Waals surface area contributed by atoms with Crippen molar-refractivity contribution < 1.29 is 4.79 Å². The van der Waals surface area contributed by atoms with Crippen molar-refractivity contribution in [2.24, 2.45) is 5.73 Å². The number of nitrogens with one attached hydrogen (secondary N) is 1. The lowest BCUT2D eigenvalue weighted by Gasteiger charge is -2.22. The standard InChI is InChI=1S/C10H15N3O/c11-7-8-3-2-6-13(8)10(14)9-4-1-5-12-9/h1,4-5,8,12H,2-3,6-7,11H2/t8-/m1/s1. The number of nitrogens with zero attached hydrogens (tertiary/aromatic N) is 1. The zero-order valence-electron chi connectivity index (χ0n) is 8.07. The van der Waals surface area contributed by atoms with Crippen molar-refractivity contribution in [1.82, 2.24) is 9.88 Å². The third-order valence-corrected chi connectivity index (χ3v) is 2.74. The molecule has 1 aromatic rings. The molecule has 0 radical (unpaired) electrons. The molecule has 76 valence electrons. The van der Waals surface area contributed by atoms with Crippen LogP contribution in [0, 0.1) is 0 Å². The minimum Gasteiger partial charge on any atom is -0.357 e. The van der Waals surface area contributed by atoms with E-state index in [4.69, 9.17) is 5.73 Å². The highest BCUT2D eigenvalue weighted by Gasteiger charge is 2.28. The molecule has 0 bridgehead atoms. The Hall–Kier alpha value is -1.29. The number of aromatic nitrogens is 1. The van der Waals surface area contributed by atoms with E-state index >= 15 is 0 Å². The number of hydrogen-bond donors (Lipinski definition) is 2. The van der Waals surface area contributed by atoms with Gasteiger partial charge in [-0.2, -0.15) is 0 Å². The monoisotopic (exact) mass is 193 g/mol. The fourth-order valence-corrected chi connectivity index (χ4v) is 1.97. The number of carbonyl (C=O) groups excluding carboxylic acids is 1. The van der Waals surface area contributed by atoms with E-state index in [2.05, 4.69) is 4.98 Å². The molecule has 0 aliphatic carbocycles. The maximum absolute atomic E-state index is 11.9. The summed E-state index contributed by atoms with van der Waals surface area (Å²) in [7, 11) is 0. The molecule has 4 heteroatoms. The predicted molar refractivity (Wildman–Crippen MR) is 53.9 cm³/mol. The summed E-state index contributed by atoms with van der Waals surface area (Å²) >= 11 is 0. The summed E-state index contributed by atoms with van der Waals surface area (Å²) in [5.41, 5.74) is 6.27. The molecule has 1 amide bonds. The quantitative estimate of drug-likeness (QED) is 0.721. The van der Waals surface area contributed by atoms with Gasteiger partial charge in [0.25, 0.3) is 5.91 Å². The summed E-state index contributed by atoms with van der Waals surface area (Å²) < 4.78 is 0. The SMILES string of the molecule is NC[C@H]1CCCN1C(=O)c1ccc[nH]1. The van der Waals surface area contributed by atoms with Gasteiger partial charge in [-0.05, 0) is 25.0 Å². The zero-order chi connectivity index (χ0) is 9.97. The van der Waals surface area contributed by atoms with Gasteiger partial charge in [-0.1, -0.05) is 0 Å². The highest BCUT2D eigenvalue weighted by atomic mass is 16.2. The zero-order valence-corrected chi connectivity index (χ0v) is 8.07. The molecule has 2 rings (SSSR count). The molecule has 1 aliphatic rings. The summed E-state index contributed by atoms with van der Waals surface area (Å²) in [6, 6.07) is 3.86. The highest BCUT2D eigenvalue weighted by molar-refractivity contribution is 5.92. The Kier molecular flexibility index (Phi) is 2.54. The molecule has 0 unspecified atom stereocenters. The first kappa shape index (κ1) is 9.27. The molecule has 3 N–H and O–H groups in total. The Morgan fingerprint density at radius 1 is 1.71 bits per heavy atom. The molecule has 1 saturated heterocycles. The van der Waals surface area contributed by atoms with E-state index in [9.17, 15) is 4.79 Å². The van der Waals surface area contributed by atoms with Gasteiger partial charge in [0.1, 0.15) is 5.69 Å². The van der Waals surface area contributed by atoms with Crippen LogP contribution in [0.4, 0.5) is 0 Å². The Labute approximate surface area is 83.1 Å². The van der Waals surface area contributed by atoms with Crippen LogP contribution in [0.5, 0.6) is 0 Å². The molecule has 4 nitrogen and oxygen atoms in total. The van der Waals surface area contributed by atoms with E-state index in [0.29, 0.717) is 12.2 Å². The van der Waals surface area contributed by atoms with E-state index < -0.39 is 0 Å². The van der Waals surface area contributed by atoms with Crippen molar-refractivity contribution in [3.05, 3.63) is 24.0 Å². The van der Waals surface area contributed by atoms with Crippen molar-refractivity contribution in [2.45, 2.75) is 18.9 Å². The molecule has 2 heterocycles. The van der Waals surface area contributed by atoms with E-state index in [0.717, 1.165) is 19.4 Å². The summed E-state index contributed by atoms with van der Waals surface area (Å²) in [4.78, 5) is 16.7. The van der Waals surface area contributed by atoms with Crippen molar-refractivity contribution in [3.8, 4) is 0 Å². The van der Waals surface area contributed by atoms with Crippen LogP contribution < -0.4 is 5.73 Å². The summed E-state index contributed by atoms with van der Waals surface area (Å²) in [6.07, 6.45) is 3.86. The summed E-state index contributed by atoms with van der Waals surface area (Å²) in [5, 5.41) is 0. The number of nitrogens with two attached hydrogens (primary N) is 1. The fraction of sp³-hybridized carbons (Fsp3) is 0.500. The molecule has 1 aliphatic heterocycles. The second kappa shape index (κ2) is 3.84. The third kappa shape index (κ3) is 1.53.